The van der Waals surface area contributed by atoms with Crippen LogP contribution < -0.4 is 14.8 Å². The van der Waals surface area contributed by atoms with Crippen LogP contribution in [0.5, 0.6) is 17.4 Å². The predicted octanol–water partition coefficient (Wildman–Crippen LogP) is 3.82. The summed E-state index contributed by atoms with van der Waals surface area (Å²) in [6, 6.07) is 15.4. The monoisotopic (exact) mass is 407 g/mol. The molecule has 30 heavy (non-hydrogen) atoms. The van der Waals surface area contributed by atoms with E-state index in [1.807, 2.05) is 43.4 Å². The molecule has 1 N–H and O–H groups in total. The summed E-state index contributed by atoms with van der Waals surface area (Å²) in [6.45, 7) is 4.19. The summed E-state index contributed by atoms with van der Waals surface area (Å²) >= 11 is 0. The number of hydrogen-bond acceptors (Lipinski definition) is 4. The van der Waals surface area contributed by atoms with Crippen molar-refractivity contribution in [2.45, 2.75) is 20.0 Å². The van der Waals surface area contributed by atoms with Crippen molar-refractivity contribution in [2.24, 2.45) is 12.0 Å². The fourth-order valence-electron chi connectivity index (χ4n) is 2.94. The molecule has 0 saturated carbocycles. The minimum Gasteiger partial charge on any atom is -0.497 e. The quantitative estimate of drug-likeness (QED) is 0.454. The molecule has 0 saturated heterocycles. The lowest BCUT2D eigenvalue weighted by Crippen LogP contribution is -2.38. The normalized spacial score (nSPS) is 11.3. The Bertz CT molecular complexity index is 948. The number of benzene rings is 1. The molecular formula is C23H29N5O2. The number of aryl methyl sites for hydroxylation is 1. The molecule has 0 bridgehead atoms. The largest absolute Gasteiger partial charge is 0.497 e. The first-order valence-corrected chi connectivity index (χ1v) is 9.95. The van der Waals surface area contributed by atoms with Crippen LogP contribution in [-0.2, 0) is 20.1 Å². The molecule has 0 aliphatic heterocycles. The number of aromatic nitrogens is 2. The third kappa shape index (κ3) is 5.76. The molecule has 2 aromatic heterocycles. The van der Waals surface area contributed by atoms with Crippen LogP contribution in [0.3, 0.4) is 0 Å². The average Bonchev–Trinajstić information content (AvgIpc) is 3.17. The lowest BCUT2D eigenvalue weighted by molar-refractivity contribution is 0.412. The topological polar surface area (TPSA) is 63.9 Å². The fourth-order valence-corrected chi connectivity index (χ4v) is 2.94. The Morgan fingerprint density at radius 3 is 2.50 bits per heavy atom. The molecule has 7 heteroatoms. The van der Waals surface area contributed by atoms with Crippen LogP contribution >= 0.6 is 0 Å². The van der Waals surface area contributed by atoms with E-state index in [0.29, 0.717) is 18.2 Å². The lowest BCUT2D eigenvalue weighted by atomic mass is 10.3. The van der Waals surface area contributed by atoms with Gasteiger partial charge in [-0.1, -0.05) is 6.07 Å². The Morgan fingerprint density at radius 2 is 1.90 bits per heavy atom. The molecule has 2 heterocycles. The Labute approximate surface area is 178 Å². The van der Waals surface area contributed by atoms with Crippen molar-refractivity contribution in [1.82, 2.24) is 19.8 Å². The van der Waals surface area contributed by atoms with Crippen LogP contribution in [0.2, 0.25) is 0 Å². The van der Waals surface area contributed by atoms with E-state index in [0.717, 1.165) is 30.4 Å². The number of rotatable bonds is 8. The zero-order chi connectivity index (χ0) is 21.3. The number of guanidine groups is 1. The number of nitrogens with one attached hydrogen (secondary N) is 1. The molecule has 3 rings (SSSR count). The van der Waals surface area contributed by atoms with Crippen molar-refractivity contribution < 1.29 is 9.47 Å². The molecule has 0 unspecified atom stereocenters. The maximum Gasteiger partial charge on any atom is 0.219 e. The zero-order valence-corrected chi connectivity index (χ0v) is 18.0. The first-order chi connectivity index (χ1) is 14.6. The average molecular weight is 408 g/mol. The number of ether oxygens (including phenoxy) is 2. The molecule has 0 atom stereocenters. The van der Waals surface area contributed by atoms with Crippen LogP contribution in [0.4, 0.5) is 0 Å². The standard InChI is InChI=1S/C23H29N5O2/c1-5-24-23(28(3)17-19-7-6-14-27(19)2)26-16-18-8-13-22(25-15-18)30-21-11-9-20(29-4)10-12-21/h6-15H,5,16-17H2,1-4H3,(H,24,26). The second-order valence-corrected chi connectivity index (χ2v) is 6.92. The maximum atomic E-state index is 5.78. The van der Waals surface area contributed by atoms with E-state index in [2.05, 4.69) is 52.1 Å². The Morgan fingerprint density at radius 1 is 1.13 bits per heavy atom. The molecule has 1 aromatic carbocycles. The highest BCUT2D eigenvalue weighted by molar-refractivity contribution is 5.79. The third-order valence-corrected chi connectivity index (χ3v) is 4.64. The Kier molecular flexibility index (Phi) is 7.32. The van der Waals surface area contributed by atoms with Crippen LogP contribution in [0.25, 0.3) is 0 Å². The zero-order valence-electron chi connectivity index (χ0n) is 18.0. The summed E-state index contributed by atoms with van der Waals surface area (Å²) in [7, 11) is 5.73. The number of nitrogens with zero attached hydrogens (tertiary/aromatic N) is 4. The van der Waals surface area contributed by atoms with E-state index >= 15 is 0 Å². The van der Waals surface area contributed by atoms with Gasteiger partial charge in [-0.05, 0) is 48.9 Å². The minimum atomic E-state index is 0.537. The van der Waals surface area contributed by atoms with Gasteiger partial charge in [0, 0.05) is 44.8 Å². The van der Waals surface area contributed by atoms with Crippen molar-refractivity contribution in [3.8, 4) is 17.4 Å². The number of pyridine rings is 1. The minimum absolute atomic E-state index is 0.537. The molecule has 7 nitrogen and oxygen atoms in total. The summed E-state index contributed by atoms with van der Waals surface area (Å²) in [5.74, 6) is 2.90. The number of aliphatic imine (C=N–C) groups is 1. The van der Waals surface area contributed by atoms with Gasteiger partial charge in [-0.3, -0.25) is 0 Å². The van der Waals surface area contributed by atoms with Gasteiger partial charge in [-0.15, -0.1) is 0 Å². The Hall–Kier alpha value is -3.48. The SMILES string of the molecule is CCNC(=NCc1ccc(Oc2ccc(OC)cc2)nc1)N(C)Cc1cccn1C. The number of hydrogen-bond donors (Lipinski definition) is 1. The van der Waals surface area contributed by atoms with Gasteiger partial charge in [-0.2, -0.15) is 0 Å². The van der Waals surface area contributed by atoms with Crippen LogP contribution in [-0.4, -0.2) is 41.1 Å². The first-order valence-electron chi connectivity index (χ1n) is 9.95. The first kappa shape index (κ1) is 21.2. The maximum absolute atomic E-state index is 5.78. The second-order valence-electron chi connectivity index (χ2n) is 6.92. The molecule has 0 aliphatic rings. The van der Waals surface area contributed by atoms with Gasteiger partial charge in [0.15, 0.2) is 5.96 Å². The molecule has 0 amide bonds. The van der Waals surface area contributed by atoms with Gasteiger partial charge in [-0.25, -0.2) is 9.98 Å². The lowest BCUT2D eigenvalue weighted by Gasteiger charge is -2.22. The summed E-state index contributed by atoms with van der Waals surface area (Å²) in [5.41, 5.74) is 2.24. The fraction of sp³-hybridized carbons (Fsp3) is 0.304. The summed E-state index contributed by atoms with van der Waals surface area (Å²) in [6.07, 6.45) is 3.84. The van der Waals surface area contributed by atoms with Gasteiger partial charge >= 0.3 is 0 Å². The van der Waals surface area contributed by atoms with Crippen molar-refractivity contribution >= 4 is 5.96 Å². The molecule has 0 fully saturated rings. The molecule has 0 radical (unpaired) electrons. The Balaban J connectivity index is 1.61. The summed E-state index contributed by atoms with van der Waals surface area (Å²) < 4.78 is 13.1. The highest BCUT2D eigenvalue weighted by Crippen LogP contribution is 2.22. The predicted molar refractivity (Wildman–Crippen MR) is 119 cm³/mol. The van der Waals surface area contributed by atoms with Gasteiger partial charge in [0.25, 0.3) is 0 Å². The molecule has 0 spiro atoms. The van der Waals surface area contributed by atoms with Crippen LogP contribution in [0.15, 0.2) is 65.9 Å². The van der Waals surface area contributed by atoms with Gasteiger partial charge < -0.3 is 24.3 Å². The van der Waals surface area contributed by atoms with Gasteiger partial charge in [0.2, 0.25) is 5.88 Å². The summed E-state index contributed by atoms with van der Waals surface area (Å²) in [5, 5.41) is 3.35. The molecule has 158 valence electrons. The van der Waals surface area contributed by atoms with E-state index in [4.69, 9.17) is 14.5 Å². The number of methoxy groups -OCH3 is 1. The van der Waals surface area contributed by atoms with E-state index in [9.17, 15) is 0 Å². The van der Waals surface area contributed by atoms with E-state index in [1.54, 1.807) is 13.3 Å². The highest BCUT2D eigenvalue weighted by Gasteiger charge is 2.08. The van der Waals surface area contributed by atoms with Crippen molar-refractivity contribution in [1.29, 1.82) is 0 Å². The van der Waals surface area contributed by atoms with E-state index in [-0.39, 0.29) is 0 Å². The highest BCUT2D eigenvalue weighted by atomic mass is 16.5. The van der Waals surface area contributed by atoms with E-state index < -0.39 is 0 Å². The van der Waals surface area contributed by atoms with Crippen molar-refractivity contribution in [2.75, 3.05) is 20.7 Å². The third-order valence-electron chi connectivity index (χ3n) is 4.64. The van der Waals surface area contributed by atoms with Gasteiger partial charge in [0.1, 0.15) is 11.5 Å². The van der Waals surface area contributed by atoms with Crippen LogP contribution in [0, 0.1) is 0 Å². The molecule has 0 aliphatic carbocycles. The van der Waals surface area contributed by atoms with Crippen molar-refractivity contribution in [3.05, 3.63) is 72.2 Å². The smallest absolute Gasteiger partial charge is 0.219 e. The van der Waals surface area contributed by atoms with E-state index in [1.165, 1.54) is 5.69 Å². The molecule has 3 aromatic rings. The van der Waals surface area contributed by atoms with Gasteiger partial charge in [0.05, 0.1) is 20.2 Å². The second kappa shape index (κ2) is 10.3. The van der Waals surface area contributed by atoms with Crippen LogP contribution in [0.1, 0.15) is 18.2 Å². The molecular weight excluding hydrogens is 378 g/mol. The summed E-state index contributed by atoms with van der Waals surface area (Å²) in [4.78, 5) is 11.3. The van der Waals surface area contributed by atoms with Crippen molar-refractivity contribution in [3.63, 3.8) is 0 Å².